The number of nitrogens with zero attached hydrogens (tertiary/aromatic N) is 1. The van der Waals surface area contributed by atoms with Gasteiger partial charge in [0, 0.05) is 23.9 Å². The fourth-order valence-corrected chi connectivity index (χ4v) is 3.89. The van der Waals surface area contributed by atoms with E-state index in [1.807, 2.05) is 0 Å². The van der Waals surface area contributed by atoms with E-state index in [0.29, 0.717) is 18.7 Å². The zero-order valence-electron chi connectivity index (χ0n) is 15.5. The molecule has 0 radical (unpaired) electrons. The molecule has 1 aliphatic carbocycles. The third-order valence-corrected chi connectivity index (χ3v) is 4.99. The second-order valence-electron chi connectivity index (χ2n) is 7.78. The van der Waals surface area contributed by atoms with Gasteiger partial charge in [-0.05, 0) is 66.4 Å². The van der Waals surface area contributed by atoms with Crippen molar-refractivity contribution in [3.8, 4) is 0 Å². The van der Waals surface area contributed by atoms with Crippen LogP contribution in [-0.4, -0.2) is 36.3 Å². The summed E-state index contributed by atoms with van der Waals surface area (Å²) in [7, 11) is 0. The van der Waals surface area contributed by atoms with Crippen molar-refractivity contribution in [2.45, 2.75) is 79.0 Å². The van der Waals surface area contributed by atoms with Crippen LogP contribution in [0.4, 0.5) is 0 Å². The van der Waals surface area contributed by atoms with Crippen LogP contribution in [0.5, 0.6) is 0 Å². The van der Waals surface area contributed by atoms with Crippen molar-refractivity contribution in [3.05, 3.63) is 33.7 Å². The highest BCUT2D eigenvalue weighted by molar-refractivity contribution is 5.50. The van der Waals surface area contributed by atoms with Crippen LogP contribution >= 0.6 is 0 Å². The quantitative estimate of drug-likeness (QED) is 0.707. The molecule has 3 rings (SSSR count). The molecule has 0 amide bonds. The number of allylic oxidation sites excluding steroid dienone is 3. The zero-order valence-corrected chi connectivity index (χ0v) is 15.5. The molecule has 2 saturated heterocycles. The van der Waals surface area contributed by atoms with Gasteiger partial charge in [0.1, 0.15) is 11.9 Å². The predicted octanol–water partition coefficient (Wildman–Crippen LogP) is 4.56. The monoisotopic (exact) mass is 317 g/mol. The summed E-state index contributed by atoms with van der Waals surface area (Å²) in [6.07, 6.45) is 3.81. The Morgan fingerprint density at radius 3 is 2.13 bits per heavy atom. The number of hydrogen-bond acceptors (Lipinski definition) is 3. The molecule has 0 bridgehead atoms. The molecule has 1 saturated carbocycles. The van der Waals surface area contributed by atoms with Gasteiger partial charge in [-0.2, -0.15) is 0 Å². The highest BCUT2D eigenvalue weighted by atomic mass is 16.5. The molecular weight excluding hydrogens is 286 g/mol. The van der Waals surface area contributed by atoms with E-state index >= 15 is 0 Å². The second kappa shape index (κ2) is 6.35. The van der Waals surface area contributed by atoms with Crippen LogP contribution < -0.4 is 0 Å². The van der Waals surface area contributed by atoms with Crippen LogP contribution in [-0.2, 0) is 9.47 Å². The van der Waals surface area contributed by atoms with Crippen molar-refractivity contribution in [1.82, 2.24) is 4.90 Å². The summed E-state index contributed by atoms with van der Waals surface area (Å²) in [5.41, 5.74) is 6.71. The van der Waals surface area contributed by atoms with Gasteiger partial charge in [0.05, 0.1) is 12.6 Å². The van der Waals surface area contributed by atoms with Crippen molar-refractivity contribution in [2.75, 3.05) is 13.2 Å². The summed E-state index contributed by atoms with van der Waals surface area (Å²) in [5.74, 6) is 1.07. The predicted molar refractivity (Wildman–Crippen MR) is 94.1 cm³/mol. The van der Waals surface area contributed by atoms with Crippen LogP contribution in [0.15, 0.2) is 33.7 Å². The first-order chi connectivity index (χ1) is 10.9. The minimum Gasteiger partial charge on any atom is -0.485 e. The number of ether oxygens (including phenoxy) is 2. The lowest BCUT2D eigenvalue weighted by Gasteiger charge is -2.40. The summed E-state index contributed by atoms with van der Waals surface area (Å²) < 4.78 is 12.3. The van der Waals surface area contributed by atoms with Crippen LogP contribution in [0.25, 0.3) is 0 Å². The molecular formula is C20H31NO2. The van der Waals surface area contributed by atoms with E-state index in [0.717, 1.165) is 18.8 Å². The van der Waals surface area contributed by atoms with E-state index in [-0.39, 0.29) is 6.10 Å². The Morgan fingerprint density at radius 2 is 1.61 bits per heavy atom. The van der Waals surface area contributed by atoms with E-state index in [1.165, 1.54) is 40.8 Å². The standard InChI is InChI=1S/C20H31NO2/c1-12(2)18-19(13(3)4)21(15-7-8-15)16-9-10-22-11-17(16)23-20(18)14(5)6/h15-17H,7-11H2,1-6H3. The average molecular weight is 317 g/mol. The molecule has 0 N–H and O–H groups in total. The molecule has 3 fully saturated rings. The summed E-state index contributed by atoms with van der Waals surface area (Å²) in [6, 6.07) is 1.12. The van der Waals surface area contributed by atoms with Crippen LogP contribution in [0.3, 0.4) is 0 Å². The average Bonchev–Trinajstić information content (AvgIpc) is 3.30. The number of fused-ring (bicyclic) bond motifs is 1. The summed E-state index contributed by atoms with van der Waals surface area (Å²) in [6.45, 7) is 14.8. The second-order valence-corrected chi connectivity index (χ2v) is 7.78. The van der Waals surface area contributed by atoms with E-state index in [2.05, 4.69) is 46.4 Å². The Balaban J connectivity index is 2.20. The first-order valence-corrected chi connectivity index (χ1v) is 8.97. The first-order valence-electron chi connectivity index (χ1n) is 8.97. The first kappa shape index (κ1) is 16.6. The highest BCUT2D eigenvalue weighted by Crippen LogP contribution is 2.44. The van der Waals surface area contributed by atoms with Gasteiger partial charge in [0.15, 0.2) is 0 Å². The lowest BCUT2D eigenvalue weighted by atomic mass is 9.96. The zero-order chi connectivity index (χ0) is 16.7. The third kappa shape index (κ3) is 3.08. The smallest absolute Gasteiger partial charge is 0.142 e. The molecule has 2 atom stereocenters. The lowest BCUT2D eigenvalue weighted by molar-refractivity contribution is -0.0631. The molecule has 128 valence electrons. The van der Waals surface area contributed by atoms with E-state index in [1.54, 1.807) is 0 Å². The minimum atomic E-state index is 0.139. The molecule has 0 spiro atoms. The van der Waals surface area contributed by atoms with Gasteiger partial charge in [0.2, 0.25) is 0 Å². The Labute approximate surface area is 141 Å². The van der Waals surface area contributed by atoms with Crippen molar-refractivity contribution in [2.24, 2.45) is 0 Å². The molecule has 0 aromatic rings. The maximum absolute atomic E-state index is 6.56. The van der Waals surface area contributed by atoms with Crippen molar-refractivity contribution in [3.63, 3.8) is 0 Å². The highest BCUT2D eigenvalue weighted by Gasteiger charge is 2.45. The molecule has 2 heterocycles. The summed E-state index contributed by atoms with van der Waals surface area (Å²) in [5, 5.41) is 0. The molecule has 3 nitrogen and oxygen atoms in total. The maximum Gasteiger partial charge on any atom is 0.142 e. The van der Waals surface area contributed by atoms with Gasteiger partial charge in [-0.25, -0.2) is 0 Å². The van der Waals surface area contributed by atoms with Crippen LogP contribution in [0, 0.1) is 0 Å². The Bertz CT molecular complexity index is 568. The van der Waals surface area contributed by atoms with E-state index < -0.39 is 0 Å². The Kier molecular flexibility index (Phi) is 4.59. The molecule has 0 aromatic heterocycles. The normalized spacial score (nSPS) is 28.1. The molecule has 3 heteroatoms. The summed E-state index contributed by atoms with van der Waals surface area (Å²) in [4.78, 5) is 2.70. The topological polar surface area (TPSA) is 21.7 Å². The van der Waals surface area contributed by atoms with Gasteiger partial charge in [-0.15, -0.1) is 0 Å². The van der Waals surface area contributed by atoms with Crippen molar-refractivity contribution >= 4 is 0 Å². The van der Waals surface area contributed by atoms with Crippen LogP contribution in [0.2, 0.25) is 0 Å². The largest absolute Gasteiger partial charge is 0.485 e. The van der Waals surface area contributed by atoms with Gasteiger partial charge in [0.25, 0.3) is 0 Å². The summed E-state index contributed by atoms with van der Waals surface area (Å²) >= 11 is 0. The number of rotatable bonds is 1. The Hall–Kier alpha value is -1.22. The molecule has 3 aliphatic rings. The van der Waals surface area contributed by atoms with E-state index in [4.69, 9.17) is 9.47 Å². The molecule has 23 heavy (non-hydrogen) atoms. The molecule has 2 aliphatic heterocycles. The third-order valence-electron chi connectivity index (χ3n) is 4.99. The van der Waals surface area contributed by atoms with Crippen molar-refractivity contribution < 1.29 is 9.47 Å². The molecule has 0 aromatic carbocycles. The van der Waals surface area contributed by atoms with Gasteiger partial charge in [-0.3, -0.25) is 0 Å². The van der Waals surface area contributed by atoms with Crippen molar-refractivity contribution in [1.29, 1.82) is 0 Å². The minimum absolute atomic E-state index is 0.139. The van der Waals surface area contributed by atoms with Gasteiger partial charge < -0.3 is 14.4 Å². The fraction of sp³-hybridized carbons (Fsp3) is 0.700. The Morgan fingerprint density at radius 1 is 0.913 bits per heavy atom. The lowest BCUT2D eigenvalue weighted by Crippen LogP contribution is -2.49. The number of hydrogen-bond donors (Lipinski definition) is 0. The SMILES string of the molecule is CC(C)=C1OC2COCCC2N(C2CC2)C(=C(C)C)C1=C(C)C. The van der Waals surface area contributed by atoms with Gasteiger partial charge >= 0.3 is 0 Å². The van der Waals surface area contributed by atoms with Gasteiger partial charge in [-0.1, -0.05) is 11.1 Å². The fourth-order valence-electron chi connectivity index (χ4n) is 3.89. The van der Waals surface area contributed by atoms with Crippen LogP contribution in [0.1, 0.15) is 60.8 Å². The van der Waals surface area contributed by atoms with E-state index in [9.17, 15) is 0 Å². The maximum atomic E-state index is 6.56. The molecule has 2 unspecified atom stereocenters.